The van der Waals surface area contributed by atoms with Gasteiger partial charge in [0.25, 0.3) is 0 Å². The highest BCUT2D eigenvalue weighted by Crippen LogP contribution is 2.24. The van der Waals surface area contributed by atoms with Crippen molar-refractivity contribution in [3.63, 3.8) is 0 Å². The molecule has 0 saturated carbocycles. The summed E-state index contributed by atoms with van der Waals surface area (Å²) in [6.07, 6.45) is 3.70. The molecule has 22 heavy (non-hydrogen) atoms. The second kappa shape index (κ2) is 7.01. The van der Waals surface area contributed by atoms with Crippen molar-refractivity contribution in [3.8, 4) is 11.1 Å². The summed E-state index contributed by atoms with van der Waals surface area (Å²) in [6.45, 7) is 1.85. The highest BCUT2D eigenvalue weighted by atomic mass is 15.1. The first-order chi connectivity index (χ1) is 10.8. The fraction of sp³-hybridized carbons (Fsp3) is 0.150. The van der Waals surface area contributed by atoms with Crippen molar-refractivity contribution >= 4 is 0 Å². The molecule has 0 N–H and O–H groups in total. The number of pyridine rings is 1. The van der Waals surface area contributed by atoms with Gasteiger partial charge in [-0.3, -0.25) is 9.88 Å². The maximum atomic E-state index is 4.07. The minimum atomic E-state index is 0.922. The normalized spacial score (nSPS) is 10.8. The highest BCUT2D eigenvalue weighted by molar-refractivity contribution is 5.67. The maximum Gasteiger partial charge on any atom is 0.0271 e. The molecule has 0 radical (unpaired) electrons. The molecule has 1 heterocycles. The predicted molar refractivity (Wildman–Crippen MR) is 91.3 cm³/mol. The van der Waals surface area contributed by atoms with Crippen LogP contribution in [0, 0.1) is 0 Å². The van der Waals surface area contributed by atoms with E-state index in [1.54, 1.807) is 0 Å². The fourth-order valence-corrected chi connectivity index (χ4v) is 2.70. The number of benzene rings is 2. The second-order valence-electron chi connectivity index (χ2n) is 5.55. The lowest BCUT2D eigenvalue weighted by atomic mass is 9.99. The molecule has 2 aromatic carbocycles. The van der Waals surface area contributed by atoms with E-state index < -0.39 is 0 Å². The van der Waals surface area contributed by atoms with Gasteiger partial charge in [-0.1, -0.05) is 54.6 Å². The summed E-state index contributed by atoms with van der Waals surface area (Å²) in [6, 6.07) is 23.3. The molecular formula is C20H20N2. The molecule has 0 aliphatic carbocycles. The molecule has 0 fully saturated rings. The number of aromatic nitrogens is 1. The Bertz CT molecular complexity index is 708. The molecule has 0 aliphatic heterocycles. The van der Waals surface area contributed by atoms with Crippen molar-refractivity contribution in [2.24, 2.45) is 0 Å². The van der Waals surface area contributed by atoms with E-state index in [9.17, 15) is 0 Å². The third-order valence-corrected chi connectivity index (χ3v) is 3.74. The standard InChI is InChI=1S/C20H20N2/c1-22(15-17-11-13-21-14-12-17)16-19-9-5-6-10-20(19)18-7-3-2-4-8-18/h2-14H,15-16H2,1H3. The van der Waals surface area contributed by atoms with Crippen LogP contribution < -0.4 is 0 Å². The summed E-state index contributed by atoms with van der Waals surface area (Å²) >= 11 is 0. The zero-order valence-corrected chi connectivity index (χ0v) is 12.8. The zero-order chi connectivity index (χ0) is 15.2. The van der Waals surface area contributed by atoms with Crippen LogP contribution in [0.15, 0.2) is 79.1 Å². The molecule has 110 valence electrons. The van der Waals surface area contributed by atoms with E-state index in [1.807, 2.05) is 12.4 Å². The summed E-state index contributed by atoms with van der Waals surface area (Å²) in [5.41, 5.74) is 5.22. The van der Waals surface area contributed by atoms with Gasteiger partial charge in [-0.05, 0) is 41.4 Å². The highest BCUT2D eigenvalue weighted by Gasteiger charge is 2.07. The average molecular weight is 288 g/mol. The lowest BCUT2D eigenvalue weighted by Gasteiger charge is -2.19. The van der Waals surface area contributed by atoms with E-state index in [4.69, 9.17) is 0 Å². The Balaban J connectivity index is 1.78. The van der Waals surface area contributed by atoms with Crippen molar-refractivity contribution in [3.05, 3.63) is 90.3 Å². The molecule has 0 spiro atoms. The zero-order valence-electron chi connectivity index (χ0n) is 12.8. The van der Waals surface area contributed by atoms with E-state index in [-0.39, 0.29) is 0 Å². The van der Waals surface area contributed by atoms with Gasteiger partial charge in [-0.25, -0.2) is 0 Å². The Morgan fingerprint density at radius 1 is 0.773 bits per heavy atom. The molecule has 3 rings (SSSR count). The van der Waals surface area contributed by atoms with E-state index >= 15 is 0 Å². The first-order valence-corrected chi connectivity index (χ1v) is 7.54. The molecule has 0 saturated heterocycles. The summed E-state index contributed by atoms with van der Waals surface area (Å²) in [5, 5.41) is 0. The smallest absolute Gasteiger partial charge is 0.0271 e. The topological polar surface area (TPSA) is 16.1 Å². The van der Waals surface area contributed by atoms with Crippen molar-refractivity contribution in [1.29, 1.82) is 0 Å². The molecule has 2 nitrogen and oxygen atoms in total. The van der Waals surface area contributed by atoms with Crippen molar-refractivity contribution < 1.29 is 0 Å². The van der Waals surface area contributed by atoms with Crippen molar-refractivity contribution in [2.45, 2.75) is 13.1 Å². The molecule has 0 aliphatic rings. The van der Waals surface area contributed by atoms with Gasteiger partial charge in [0.15, 0.2) is 0 Å². The van der Waals surface area contributed by atoms with Crippen LogP contribution in [0.2, 0.25) is 0 Å². The van der Waals surface area contributed by atoms with Gasteiger partial charge in [-0.15, -0.1) is 0 Å². The van der Waals surface area contributed by atoms with Gasteiger partial charge in [-0.2, -0.15) is 0 Å². The van der Waals surface area contributed by atoms with E-state index in [1.165, 1.54) is 22.3 Å². The quantitative estimate of drug-likeness (QED) is 0.692. The van der Waals surface area contributed by atoms with Gasteiger partial charge in [0.1, 0.15) is 0 Å². The molecule has 0 atom stereocenters. The lowest BCUT2D eigenvalue weighted by molar-refractivity contribution is 0.319. The molecule has 0 amide bonds. The van der Waals surface area contributed by atoms with Crippen LogP contribution in [0.3, 0.4) is 0 Å². The summed E-state index contributed by atoms with van der Waals surface area (Å²) in [7, 11) is 2.15. The molecular weight excluding hydrogens is 268 g/mol. The monoisotopic (exact) mass is 288 g/mol. The summed E-state index contributed by atoms with van der Waals surface area (Å²) < 4.78 is 0. The molecule has 0 bridgehead atoms. The second-order valence-corrected chi connectivity index (χ2v) is 5.55. The van der Waals surface area contributed by atoms with Crippen LogP contribution in [-0.4, -0.2) is 16.9 Å². The van der Waals surface area contributed by atoms with Crippen molar-refractivity contribution in [1.82, 2.24) is 9.88 Å². The van der Waals surface area contributed by atoms with Gasteiger partial charge < -0.3 is 0 Å². The summed E-state index contributed by atoms with van der Waals surface area (Å²) in [5.74, 6) is 0. The minimum Gasteiger partial charge on any atom is -0.298 e. The van der Waals surface area contributed by atoms with Gasteiger partial charge in [0.2, 0.25) is 0 Å². The number of hydrogen-bond acceptors (Lipinski definition) is 2. The van der Waals surface area contributed by atoms with E-state index in [0.29, 0.717) is 0 Å². The minimum absolute atomic E-state index is 0.922. The Kier molecular flexibility index (Phi) is 4.62. The van der Waals surface area contributed by atoms with Crippen molar-refractivity contribution in [2.75, 3.05) is 7.05 Å². The number of nitrogens with zero attached hydrogens (tertiary/aromatic N) is 2. The third-order valence-electron chi connectivity index (χ3n) is 3.74. The molecule has 3 aromatic rings. The number of rotatable bonds is 5. The van der Waals surface area contributed by atoms with Gasteiger partial charge in [0.05, 0.1) is 0 Å². The summed E-state index contributed by atoms with van der Waals surface area (Å²) in [4.78, 5) is 6.40. The van der Waals surface area contributed by atoms with Crippen LogP contribution in [0.1, 0.15) is 11.1 Å². The third kappa shape index (κ3) is 3.60. The predicted octanol–water partition coefficient (Wildman–Crippen LogP) is 4.38. The van der Waals surface area contributed by atoms with Crippen LogP contribution in [0.5, 0.6) is 0 Å². The van der Waals surface area contributed by atoms with Crippen LogP contribution in [0.25, 0.3) is 11.1 Å². The van der Waals surface area contributed by atoms with Crippen LogP contribution in [-0.2, 0) is 13.1 Å². The SMILES string of the molecule is CN(Cc1ccncc1)Cc1ccccc1-c1ccccc1. The Morgan fingerprint density at radius 3 is 2.23 bits per heavy atom. The molecule has 1 aromatic heterocycles. The van der Waals surface area contributed by atoms with E-state index in [0.717, 1.165) is 13.1 Å². The van der Waals surface area contributed by atoms with Gasteiger partial charge >= 0.3 is 0 Å². The first-order valence-electron chi connectivity index (χ1n) is 7.54. The molecule has 2 heteroatoms. The molecule has 0 unspecified atom stereocenters. The van der Waals surface area contributed by atoms with Crippen LogP contribution >= 0.6 is 0 Å². The Hall–Kier alpha value is -2.45. The Morgan fingerprint density at radius 2 is 1.45 bits per heavy atom. The Labute approximate surface area is 132 Å². The largest absolute Gasteiger partial charge is 0.298 e. The average Bonchev–Trinajstić information content (AvgIpc) is 2.57. The lowest BCUT2D eigenvalue weighted by Crippen LogP contribution is -2.17. The maximum absolute atomic E-state index is 4.07. The number of hydrogen-bond donors (Lipinski definition) is 0. The van der Waals surface area contributed by atoms with E-state index in [2.05, 4.69) is 83.7 Å². The first kappa shape index (κ1) is 14.5. The fourth-order valence-electron chi connectivity index (χ4n) is 2.70. The van der Waals surface area contributed by atoms with Crippen LogP contribution in [0.4, 0.5) is 0 Å². The van der Waals surface area contributed by atoms with Gasteiger partial charge in [0, 0.05) is 25.5 Å².